The summed E-state index contributed by atoms with van der Waals surface area (Å²) in [5.41, 5.74) is 1.75. The molecule has 10 heteroatoms. The van der Waals surface area contributed by atoms with Gasteiger partial charge in [0.15, 0.2) is 0 Å². The third kappa shape index (κ3) is 3.03. The van der Waals surface area contributed by atoms with Crippen molar-refractivity contribution < 1.29 is 4.52 Å². The number of nitrogens with zero attached hydrogens (tertiary/aromatic N) is 8. The normalized spacial score (nSPS) is 14.8. The molecule has 0 radical (unpaired) electrons. The van der Waals surface area contributed by atoms with Crippen LogP contribution in [0.3, 0.4) is 0 Å². The van der Waals surface area contributed by atoms with Crippen LogP contribution in [-0.2, 0) is 0 Å². The molecule has 0 unspecified atom stereocenters. The molecule has 4 aromatic rings. The molecule has 142 valence electrons. The van der Waals surface area contributed by atoms with Crippen molar-refractivity contribution in [2.24, 2.45) is 0 Å². The molecule has 0 bridgehead atoms. The summed E-state index contributed by atoms with van der Waals surface area (Å²) in [6.45, 7) is 5.08. The Morgan fingerprint density at radius 1 is 1.04 bits per heavy atom. The Labute approximate surface area is 165 Å². The number of piperazine rings is 1. The van der Waals surface area contributed by atoms with Crippen LogP contribution >= 0.6 is 11.6 Å². The fourth-order valence-electron chi connectivity index (χ4n) is 3.35. The first kappa shape index (κ1) is 16.9. The fraction of sp³-hybridized carbons (Fsp3) is 0.278. The van der Waals surface area contributed by atoms with E-state index in [9.17, 15) is 0 Å². The second-order valence-corrected chi connectivity index (χ2v) is 7.05. The molecule has 1 aromatic carbocycles. The molecular formula is C18H17ClN8O. The zero-order valence-electron chi connectivity index (χ0n) is 15.2. The molecule has 1 fully saturated rings. The van der Waals surface area contributed by atoms with Gasteiger partial charge in [-0.1, -0.05) is 28.9 Å². The highest BCUT2D eigenvalue weighted by molar-refractivity contribution is 6.30. The van der Waals surface area contributed by atoms with E-state index in [4.69, 9.17) is 16.1 Å². The van der Waals surface area contributed by atoms with Gasteiger partial charge in [0.1, 0.15) is 12.1 Å². The topological polar surface area (TPSA) is 88.5 Å². The number of fused-ring (bicyclic) bond motifs is 1. The molecule has 1 aliphatic rings. The van der Waals surface area contributed by atoms with Gasteiger partial charge in [-0.25, -0.2) is 4.98 Å². The van der Waals surface area contributed by atoms with Gasteiger partial charge in [-0.2, -0.15) is 19.6 Å². The number of hydrogen-bond acceptors (Lipinski definition) is 8. The lowest BCUT2D eigenvalue weighted by atomic mass is 10.2. The van der Waals surface area contributed by atoms with E-state index >= 15 is 0 Å². The van der Waals surface area contributed by atoms with Crippen LogP contribution in [0.2, 0.25) is 5.02 Å². The highest BCUT2D eigenvalue weighted by Gasteiger charge is 2.24. The van der Waals surface area contributed by atoms with Gasteiger partial charge < -0.3 is 14.3 Å². The zero-order valence-corrected chi connectivity index (χ0v) is 15.9. The first-order valence-electron chi connectivity index (χ1n) is 8.94. The SMILES string of the molecule is Cc1cc(N2CCN(c3nc(-c4cccc(Cl)c4)no3)CC2)n2ncnc2n1. The lowest BCUT2D eigenvalue weighted by Crippen LogP contribution is -2.47. The van der Waals surface area contributed by atoms with E-state index in [1.54, 1.807) is 4.52 Å². The van der Waals surface area contributed by atoms with E-state index in [0.29, 0.717) is 22.6 Å². The maximum absolute atomic E-state index is 6.05. The van der Waals surface area contributed by atoms with E-state index in [1.807, 2.05) is 37.3 Å². The van der Waals surface area contributed by atoms with Gasteiger partial charge >= 0.3 is 6.01 Å². The number of aryl methyl sites for hydroxylation is 1. The minimum absolute atomic E-state index is 0.520. The Kier molecular flexibility index (Phi) is 4.09. The third-order valence-electron chi connectivity index (χ3n) is 4.73. The summed E-state index contributed by atoms with van der Waals surface area (Å²) >= 11 is 6.05. The summed E-state index contributed by atoms with van der Waals surface area (Å²) in [6, 6.07) is 9.97. The third-order valence-corrected chi connectivity index (χ3v) is 4.97. The molecule has 9 nitrogen and oxygen atoms in total. The van der Waals surface area contributed by atoms with Crippen molar-refractivity contribution in [1.82, 2.24) is 29.7 Å². The van der Waals surface area contributed by atoms with Gasteiger partial charge in [0.05, 0.1) is 0 Å². The lowest BCUT2D eigenvalue weighted by Gasteiger charge is -2.34. The summed E-state index contributed by atoms with van der Waals surface area (Å²) < 4.78 is 7.25. The molecule has 28 heavy (non-hydrogen) atoms. The maximum atomic E-state index is 6.05. The number of halogens is 1. The number of hydrogen-bond donors (Lipinski definition) is 0. The van der Waals surface area contributed by atoms with Crippen LogP contribution in [0.25, 0.3) is 17.2 Å². The van der Waals surface area contributed by atoms with Crippen molar-refractivity contribution in [3.63, 3.8) is 0 Å². The van der Waals surface area contributed by atoms with Crippen molar-refractivity contribution in [3.05, 3.63) is 47.4 Å². The minimum Gasteiger partial charge on any atom is -0.353 e. The van der Waals surface area contributed by atoms with Crippen LogP contribution < -0.4 is 9.80 Å². The van der Waals surface area contributed by atoms with Gasteiger partial charge in [-0.15, -0.1) is 0 Å². The van der Waals surface area contributed by atoms with Crippen LogP contribution in [0, 0.1) is 6.92 Å². The molecule has 0 aliphatic carbocycles. The van der Waals surface area contributed by atoms with Crippen molar-refractivity contribution in [2.45, 2.75) is 6.92 Å². The van der Waals surface area contributed by atoms with E-state index in [1.165, 1.54) is 6.33 Å². The number of rotatable bonds is 3. The summed E-state index contributed by atoms with van der Waals surface area (Å²) in [4.78, 5) is 17.5. The molecule has 0 spiro atoms. The first-order chi connectivity index (χ1) is 13.7. The molecule has 3 aromatic heterocycles. The van der Waals surface area contributed by atoms with Crippen molar-refractivity contribution >= 4 is 29.2 Å². The number of anilines is 2. The lowest BCUT2D eigenvalue weighted by molar-refractivity contribution is 0.409. The van der Waals surface area contributed by atoms with Crippen LogP contribution in [0.15, 0.2) is 41.2 Å². The standard InChI is InChI=1S/C18H17ClN8O/c1-12-9-15(27-17(22-12)20-11-21-27)25-5-7-26(8-6-25)18-23-16(24-28-18)13-3-2-4-14(19)10-13/h2-4,9-11H,5-8H2,1H3. The molecule has 1 aliphatic heterocycles. The largest absolute Gasteiger partial charge is 0.353 e. The van der Waals surface area contributed by atoms with Gasteiger partial charge in [0, 0.05) is 48.5 Å². The Morgan fingerprint density at radius 2 is 1.86 bits per heavy atom. The van der Waals surface area contributed by atoms with Crippen LogP contribution in [-0.4, -0.2) is 55.9 Å². The second-order valence-electron chi connectivity index (χ2n) is 6.61. The molecule has 0 atom stereocenters. The summed E-state index contributed by atoms with van der Waals surface area (Å²) in [7, 11) is 0. The monoisotopic (exact) mass is 396 g/mol. The molecule has 0 N–H and O–H groups in total. The van der Waals surface area contributed by atoms with Gasteiger partial charge in [0.25, 0.3) is 5.78 Å². The van der Waals surface area contributed by atoms with E-state index in [2.05, 4.69) is 35.0 Å². The predicted octanol–water partition coefficient (Wildman–Crippen LogP) is 2.46. The Balaban J connectivity index is 1.33. The Bertz CT molecular complexity index is 1130. The molecule has 1 saturated heterocycles. The number of aromatic nitrogens is 6. The molecule has 0 amide bonds. The van der Waals surface area contributed by atoms with Crippen molar-refractivity contribution in [3.8, 4) is 11.4 Å². The molecule has 4 heterocycles. The molecular weight excluding hydrogens is 380 g/mol. The average Bonchev–Trinajstić information content (AvgIpc) is 3.37. The van der Waals surface area contributed by atoms with Gasteiger partial charge in [-0.3, -0.25) is 0 Å². The van der Waals surface area contributed by atoms with E-state index in [-0.39, 0.29) is 0 Å². The Morgan fingerprint density at radius 3 is 2.68 bits per heavy atom. The summed E-state index contributed by atoms with van der Waals surface area (Å²) in [5, 5.41) is 9.03. The highest BCUT2D eigenvalue weighted by atomic mass is 35.5. The Hall–Kier alpha value is -3.20. The average molecular weight is 397 g/mol. The second kappa shape index (κ2) is 6.75. The minimum atomic E-state index is 0.520. The molecule has 0 saturated carbocycles. The van der Waals surface area contributed by atoms with Gasteiger partial charge in [-0.05, 0) is 19.1 Å². The fourth-order valence-corrected chi connectivity index (χ4v) is 3.54. The summed E-state index contributed by atoms with van der Waals surface area (Å²) in [6.07, 6.45) is 1.53. The van der Waals surface area contributed by atoms with E-state index < -0.39 is 0 Å². The maximum Gasteiger partial charge on any atom is 0.324 e. The van der Waals surface area contributed by atoms with E-state index in [0.717, 1.165) is 43.3 Å². The van der Waals surface area contributed by atoms with Crippen molar-refractivity contribution in [2.75, 3.05) is 36.0 Å². The van der Waals surface area contributed by atoms with Crippen LogP contribution in [0.5, 0.6) is 0 Å². The molecule has 5 rings (SSSR count). The quantitative estimate of drug-likeness (QED) is 0.521. The number of benzene rings is 1. The van der Waals surface area contributed by atoms with Crippen LogP contribution in [0.4, 0.5) is 11.8 Å². The van der Waals surface area contributed by atoms with Crippen LogP contribution in [0.1, 0.15) is 5.69 Å². The van der Waals surface area contributed by atoms with Crippen molar-refractivity contribution in [1.29, 1.82) is 0 Å². The van der Waals surface area contributed by atoms with Gasteiger partial charge in [0.2, 0.25) is 5.82 Å². The highest BCUT2D eigenvalue weighted by Crippen LogP contribution is 2.24. The first-order valence-corrected chi connectivity index (χ1v) is 9.32. The summed E-state index contributed by atoms with van der Waals surface area (Å²) in [5.74, 6) is 2.14. The smallest absolute Gasteiger partial charge is 0.324 e. The zero-order chi connectivity index (χ0) is 19.1. The predicted molar refractivity (Wildman–Crippen MR) is 105 cm³/mol.